The Morgan fingerprint density at radius 3 is 2.43 bits per heavy atom. The molecule has 0 aliphatic heterocycles. The number of hydrogen-bond donors (Lipinski definition) is 0. The Balaban J connectivity index is 2.59. The van der Waals surface area contributed by atoms with Crippen LogP contribution in [-0.2, 0) is 4.74 Å². The second kappa shape index (κ2) is 7.88. The molecule has 0 heterocycles. The van der Waals surface area contributed by atoms with Crippen LogP contribution in [0.3, 0.4) is 0 Å². The first-order valence-corrected chi connectivity index (χ1v) is 7.44. The summed E-state index contributed by atoms with van der Waals surface area (Å²) in [5.41, 5.74) is 1.46. The fourth-order valence-corrected chi connectivity index (χ4v) is 2.22. The molecule has 0 aliphatic carbocycles. The van der Waals surface area contributed by atoms with Gasteiger partial charge in [0.05, 0.1) is 7.11 Å². The summed E-state index contributed by atoms with van der Waals surface area (Å²) < 4.78 is 32.7. The molecule has 0 radical (unpaired) electrons. The highest BCUT2D eigenvalue weighted by Gasteiger charge is 2.15. The van der Waals surface area contributed by atoms with Gasteiger partial charge in [0.15, 0.2) is 0 Å². The standard InChI is InChI=1S/C18H16ClF2NO/c1-3-22-18(23-2)16(10-12-4-6-13(19)7-5-12)15-9-8-14(20)11-17(15)21/h4-11H,3H2,1-2H3/b16-10+,22-18?. The van der Waals surface area contributed by atoms with Crippen LogP contribution in [0.4, 0.5) is 8.78 Å². The smallest absolute Gasteiger partial charge is 0.216 e. The highest BCUT2D eigenvalue weighted by Crippen LogP contribution is 2.24. The van der Waals surface area contributed by atoms with Crippen molar-refractivity contribution in [1.82, 2.24) is 0 Å². The van der Waals surface area contributed by atoms with E-state index in [9.17, 15) is 8.78 Å². The molecule has 2 nitrogen and oxygen atoms in total. The highest BCUT2D eigenvalue weighted by molar-refractivity contribution is 6.30. The maximum Gasteiger partial charge on any atom is 0.216 e. The van der Waals surface area contributed by atoms with Crippen molar-refractivity contribution < 1.29 is 13.5 Å². The molecule has 0 saturated carbocycles. The molecule has 2 rings (SSSR count). The van der Waals surface area contributed by atoms with Crippen molar-refractivity contribution in [3.8, 4) is 0 Å². The Bertz CT molecular complexity index is 739. The summed E-state index contributed by atoms with van der Waals surface area (Å²) in [5, 5.41) is 0.603. The van der Waals surface area contributed by atoms with Crippen LogP contribution in [0.2, 0.25) is 5.02 Å². The molecule has 120 valence electrons. The Labute approximate surface area is 139 Å². The quantitative estimate of drug-likeness (QED) is 0.426. The molecule has 0 N–H and O–H groups in total. The van der Waals surface area contributed by atoms with Gasteiger partial charge in [-0.15, -0.1) is 0 Å². The van der Waals surface area contributed by atoms with Gasteiger partial charge in [-0.1, -0.05) is 23.7 Å². The minimum Gasteiger partial charge on any atom is -0.481 e. The van der Waals surface area contributed by atoms with Crippen molar-refractivity contribution in [2.75, 3.05) is 13.7 Å². The van der Waals surface area contributed by atoms with E-state index < -0.39 is 11.6 Å². The molecule has 0 saturated heterocycles. The predicted molar refractivity (Wildman–Crippen MR) is 90.7 cm³/mol. The average molecular weight is 336 g/mol. The molecule has 0 aliphatic rings. The SMILES string of the molecule is CCN=C(OC)/C(=C/c1ccc(Cl)cc1)c1ccc(F)cc1F. The molecule has 0 atom stereocenters. The minimum absolute atomic E-state index is 0.218. The van der Waals surface area contributed by atoms with Gasteiger partial charge in [-0.3, -0.25) is 4.99 Å². The van der Waals surface area contributed by atoms with Crippen molar-refractivity contribution in [3.63, 3.8) is 0 Å². The van der Waals surface area contributed by atoms with Crippen LogP contribution < -0.4 is 0 Å². The van der Waals surface area contributed by atoms with Crippen LogP contribution in [-0.4, -0.2) is 19.6 Å². The number of ether oxygens (including phenoxy) is 1. The number of hydrogen-bond acceptors (Lipinski definition) is 2. The molecule has 0 bridgehead atoms. The molecule has 0 fully saturated rings. The number of methoxy groups -OCH3 is 1. The summed E-state index contributed by atoms with van der Waals surface area (Å²) in [5.74, 6) is -1.03. The molecule has 23 heavy (non-hydrogen) atoms. The fourth-order valence-electron chi connectivity index (χ4n) is 2.09. The van der Waals surface area contributed by atoms with Crippen LogP contribution in [0.5, 0.6) is 0 Å². The second-order valence-electron chi connectivity index (χ2n) is 4.72. The number of aliphatic imine (C=N–C) groups is 1. The molecular weight excluding hydrogens is 320 g/mol. The van der Waals surface area contributed by atoms with Crippen LogP contribution >= 0.6 is 11.6 Å². The van der Waals surface area contributed by atoms with Gasteiger partial charge >= 0.3 is 0 Å². The minimum atomic E-state index is -0.675. The monoisotopic (exact) mass is 335 g/mol. The van der Waals surface area contributed by atoms with Crippen LogP contribution in [0, 0.1) is 11.6 Å². The van der Waals surface area contributed by atoms with Crippen molar-refractivity contribution in [2.45, 2.75) is 6.92 Å². The van der Waals surface area contributed by atoms with Crippen LogP contribution in [0.15, 0.2) is 47.5 Å². The molecule has 2 aromatic carbocycles. The summed E-state index contributed by atoms with van der Waals surface area (Å²) in [6.45, 7) is 2.32. The van der Waals surface area contributed by atoms with Crippen LogP contribution in [0.25, 0.3) is 11.6 Å². The first-order valence-electron chi connectivity index (χ1n) is 7.06. The average Bonchev–Trinajstić information content (AvgIpc) is 2.53. The van der Waals surface area contributed by atoms with Crippen LogP contribution in [0.1, 0.15) is 18.1 Å². The lowest BCUT2D eigenvalue weighted by molar-refractivity contribution is 0.407. The van der Waals surface area contributed by atoms with E-state index in [0.29, 0.717) is 17.1 Å². The highest BCUT2D eigenvalue weighted by atomic mass is 35.5. The van der Waals surface area contributed by atoms with E-state index in [1.165, 1.54) is 19.2 Å². The summed E-state index contributed by atoms with van der Waals surface area (Å²) in [6.07, 6.45) is 1.73. The maximum atomic E-state index is 14.2. The lowest BCUT2D eigenvalue weighted by atomic mass is 10.0. The lowest BCUT2D eigenvalue weighted by Crippen LogP contribution is -2.07. The van der Waals surface area contributed by atoms with Crippen molar-refractivity contribution >= 4 is 29.1 Å². The van der Waals surface area contributed by atoms with Gasteiger partial charge in [-0.2, -0.15) is 0 Å². The summed E-state index contributed by atoms with van der Waals surface area (Å²) in [6, 6.07) is 10.5. The van der Waals surface area contributed by atoms with Gasteiger partial charge < -0.3 is 4.74 Å². The zero-order valence-corrected chi connectivity index (χ0v) is 13.6. The van der Waals surface area contributed by atoms with E-state index in [2.05, 4.69) is 4.99 Å². The van der Waals surface area contributed by atoms with E-state index in [1.807, 2.05) is 6.92 Å². The van der Waals surface area contributed by atoms with E-state index in [1.54, 1.807) is 30.3 Å². The van der Waals surface area contributed by atoms with Crippen molar-refractivity contribution in [3.05, 3.63) is 70.2 Å². The summed E-state index contributed by atoms with van der Waals surface area (Å²) >= 11 is 5.88. The largest absolute Gasteiger partial charge is 0.481 e. The van der Waals surface area contributed by atoms with Crippen molar-refractivity contribution in [1.29, 1.82) is 0 Å². The molecular formula is C18H16ClF2NO. The summed E-state index contributed by atoms with van der Waals surface area (Å²) in [7, 11) is 1.46. The molecule has 2 aromatic rings. The number of rotatable bonds is 4. The second-order valence-corrected chi connectivity index (χ2v) is 5.15. The van der Waals surface area contributed by atoms with Gasteiger partial charge in [0.1, 0.15) is 11.6 Å². The normalized spacial score (nSPS) is 12.4. The predicted octanol–water partition coefficient (Wildman–Crippen LogP) is 5.22. The first kappa shape index (κ1) is 17.2. The molecule has 0 aromatic heterocycles. The Hall–Kier alpha value is -2.20. The third kappa shape index (κ3) is 4.39. The molecule has 0 unspecified atom stereocenters. The third-order valence-corrected chi connectivity index (χ3v) is 3.38. The van der Waals surface area contributed by atoms with E-state index in [0.717, 1.165) is 11.6 Å². The third-order valence-electron chi connectivity index (χ3n) is 3.13. The van der Waals surface area contributed by atoms with E-state index in [4.69, 9.17) is 16.3 Å². The van der Waals surface area contributed by atoms with Gasteiger partial charge in [-0.25, -0.2) is 8.78 Å². The van der Waals surface area contributed by atoms with E-state index in [-0.39, 0.29) is 11.5 Å². The topological polar surface area (TPSA) is 21.6 Å². The Kier molecular flexibility index (Phi) is 5.88. The summed E-state index contributed by atoms with van der Waals surface area (Å²) in [4.78, 5) is 4.24. The zero-order valence-electron chi connectivity index (χ0n) is 12.8. The fraction of sp³-hybridized carbons (Fsp3) is 0.167. The van der Waals surface area contributed by atoms with Gasteiger partial charge in [0, 0.05) is 28.8 Å². The number of nitrogens with zero attached hydrogens (tertiary/aromatic N) is 1. The Morgan fingerprint density at radius 1 is 1.17 bits per heavy atom. The van der Waals surface area contributed by atoms with Gasteiger partial charge in [-0.05, 0) is 42.8 Å². The Morgan fingerprint density at radius 2 is 1.87 bits per heavy atom. The zero-order chi connectivity index (χ0) is 16.8. The lowest BCUT2D eigenvalue weighted by Gasteiger charge is -2.12. The number of benzene rings is 2. The van der Waals surface area contributed by atoms with Gasteiger partial charge in [0.2, 0.25) is 5.90 Å². The van der Waals surface area contributed by atoms with Gasteiger partial charge in [0.25, 0.3) is 0 Å². The molecule has 5 heteroatoms. The number of halogens is 3. The molecule has 0 amide bonds. The first-order chi connectivity index (χ1) is 11.0. The molecule has 0 spiro atoms. The van der Waals surface area contributed by atoms with Crippen molar-refractivity contribution in [2.24, 2.45) is 4.99 Å². The maximum absolute atomic E-state index is 14.2. The van der Waals surface area contributed by atoms with E-state index >= 15 is 0 Å².